The quantitative estimate of drug-likeness (QED) is 0.672. The number of fused-ring (bicyclic) bond motifs is 1. The van der Waals surface area contributed by atoms with Gasteiger partial charge in [0.2, 0.25) is 0 Å². The lowest BCUT2D eigenvalue weighted by Crippen LogP contribution is -2.33. The summed E-state index contributed by atoms with van der Waals surface area (Å²) in [5.74, 6) is 0.911. The molecular formula is C22H24BrN3O. The van der Waals surface area contributed by atoms with Gasteiger partial charge in [0.1, 0.15) is 5.75 Å². The van der Waals surface area contributed by atoms with Crippen LogP contribution in [-0.4, -0.2) is 43.2 Å². The van der Waals surface area contributed by atoms with Crippen LogP contribution in [0.1, 0.15) is 23.6 Å². The fourth-order valence-corrected chi connectivity index (χ4v) is 4.25. The third-order valence-electron chi connectivity index (χ3n) is 5.15. The molecule has 1 fully saturated rings. The van der Waals surface area contributed by atoms with E-state index in [4.69, 9.17) is 9.72 Å². The Balaban J connectivity index is 1.85. The van der Waals surface area contributed by atoms with Crippen LogP contribution in [0, 0.1) is 0 Å². The number of pyridine rings is 1. The Morgan fingerprint density at radius 1 is 1.11 bits per heavy atom. The summed E-state index contributed by atoms with van der Waals surface area (Å²) in [5.41, 5.74) is 3.40. The molecule has 1 atom stereocenters. The molecule has 1 aliphatic heterocycles. The van der Waals surface area contributed by atoms with Crippen LogP contribution >= 0.6 is 15.9 Å². The van der Waals surface area contributed by atoms with Crippen molar-refractivity contribution in [2.24, 2.45) is 0 Å². The molecule has 0 radical (unpaired) electrons. The first kappa shape index (κ1) is 18.4. The Kier molecular flexibility index (Phi) is 5.72. The smallest absolute Gasteiger partial charge is 0.124 e. The van der Waals surface area contributed by atoms with Gasteiger partial charge in [0.15, 0.2) is 0 Å². The number of nitrogens with zero attached hydrogens (tertiary/aromatic N) is 2. The van der Waals surface area contributed by atoms with Gasteiger partial charge in [-0.05, 0) is 48.9 Å². The maximum Gasteiger partial charge on any atom is 0.124 e. The zero-order valence-corrected chi connectivity index (χ0v) is 17.1. The molecule has 0 amide bonds. The van der Waals surface area contributed by atoms with Crippen LogP contribution in [0.4, 0.5) is 0 Å². The van der Waals surface area contributed by atoms with E-state index in [9.17, 15) is 0 Å². The third kappa shape index (κ3) is 4.00. The largest absolute Gasteiger partial charge is 0.496 e. The molecule has 0 spiro atoms. The molecule has 1 unspecified atom stereocenters. The molecule has 1 saturated heterocycles. The van der Waals surface area contributed by atoms with Gasteiger partial charge in [0.25, 0.3) is 0 Å². The van der Waals surface area contributed by atoms with Crippen molar-refractivity contribution < 1.29 is 4.74 Å². The fourth-order valence-electron chi connectivity index (χ4n) is 3.87. The highest BCUT2D eigenvalue weighted by Gasteiger charge is 2.26. The zero-order chi connectivity index (χ0) is 18.6. The van der Waals surface area contributed by atoms with E-state index in [-0.39, 0.29) is 6.04 Å². The number of benzene rings is 2. The lowest BCUT2D eigenvalue weighted by molar-refractivity contribution is 0.236. The lowest BCUT2D eigenvalue weighted by Gasteiger charge is -2.32. The van der Waals surface area contributed by atoms with Crippen LogP contribution in [0.15, 0.2) is 59.2 Å². The second-order valence-corrected chi connectivity index (χ2v) is 7.81. The Hall–Kier alpha value is -1.95. The zero-order valence-electron chi connectivity index (χ0n) is 15.5. The van der Waals surface area contributed by atoms with Crippen LogP contribution in [0.5, 0.6) is 5.75 Å². The van der Waals surface area contributed by atoms with E-state index in [1.165, 1.54) is 16.5 Å². The molecule has 1 N–H and O–H groups in total. The molecule has 2 aromatic carbocycles. The van der Waals surface area contributed by atoms with Gasteiger partial charge in [0.05, 0.1) is 18.7 Å². The van der Waals surface area contributed by atoms with Crippen molar-refractivity contribution in [2.45, 2.75) is 12.5 Å². The van der Waals surface area contributed by atoms with Gasteiger partial charge in [-0.2, -0.15) is 0 Å². The van der Waals surface area contributed by atoms with E-state index < -0.39 is 0 Å². The van der Waals surface area contributed by atoms with Gasteiger partial charge in [-0.3, -0.25) is 9.88 Å². The summed E-state index contributed by atoms with van der Waals surface area (Å²) in [6.45, 7) is 4.09. The number of ether oxygens (including phenoxy) is 1. The number of methoxy groups -OCH3 is 1. The maximum atomic E-state index is 5.73. The van der Waals surface area contributed by atoms with Crippen molar-refractivity contribution in [3.05, 3.63) is 70.3 Å². The molecule has 5 heteroatoms. The van der Waals surface area contributed by atoms with Gasteiger partial charge in [0, 0.05) is 41.3 Å². The molecule has 0 bridgehead atoms. The van der Waals surface area contributed by atoms with E-state index in [1.807, 2.05) is 24.4 Å². The number of hydrogen-bond donors (Lipinski definition) is 1. The van der Waals surface area contributed by atoms with E-state index in [2.05, 4.69) is 56.5 Å². The molecule has 0 aliphatic carbocycles. The SMILES string of the molecule is COc1ccc(Br)cc1C(c1cnc2ccccc2c1)N1CCCNCC1. The molecule has 27 heavy (non-hydrogen) atoms. The van der Waals surface area contributed by atoms with Gasteiger partial charge in [-0.1, -0.05) is 34.1 Å². The molecule has 2 heterocycles. The van der Waals surface area contributed by atoms with E-state index in [1.54, 1.807) is 7.11 Å². The molecule has 1 aliphatic rings. The highest BCUT2D eigenvalue weighted by Crippen LogP contribution is 2.37. The highest BCUT2D eigenvalue weighted by atomic mass is 79.9. The molecule has 3 aromatic rings. The van der Waals surface area contributed by atoms with Crippen molar-refractivity contribution in [2.75, 3.05) is 33.3 Å². The maximum absolute atomic E-state index is 5.73. The van der Waals surface area contributed by atoms with Crippen LogP contribution in [0.2, 0.25) is 0 Å². The van der Waals surface area contributed by atoms with Gasteiger partial charge < -0.3 is 10.1 Å². The summed E-state index contributed by atoms with van der Waals surface area (Å²) < 4.78 is 6.79. The predicted octanol–water partition coefficient (Wildman–Crippen LogP) is 4.39. The van der Waals surface area contributed by atoms with Crippen LogP contribution in [-0.2, 0) is 0 Å². The topological polar surface area (TPSA) is 37.4 Å². The molecule has 1 aromatic heterocycles. The Labute approximate surface area is 168 Å². The van der Waals surface area contributed by atoms with Crippen molar-refractivity contribution in [3.8, 4) is 5.75 Å². The first-order valence-corrected chi connectivity index (χ1v) is 10.2. The first-order chi connectivity index (χ1) is 13.3. The number of halogens is 1. The summed E-state index contributed by atoms with van der Waals surface area (Å²) >= 11 is 3.64. The molecule has 4 rings (SSSR count). The average molecular weight is 426 g/mol. The van der Waals surface area contributed by atoms with E-state index in [0.717, 1.165) is 48.3 Å². The second kappa shape index (κ2) is 8.38. The summed E-state index contributed by atoms with van der Waals surface area (Å²) in [6.07, 6.45) is 3.15. The minimum atomic E-state index is 0.106. The summed E-state index contributed by atoms with van der Waals surface area (Å²) in [6, 6.07) is 16.9. The Morgan fingerprint density at radius 3 is 2.89 bits per heavy atom. The summed E-state index contributed by atoms with van der Waals surface area (Å²) in [4.78, 5) is 7.27. The number of aromatic nitrogens is 1. The fraction of sp³-hybridized carbons (Fsp3) is 0.318. The lowest BCUT2D eigenvalue weighted by atomic mass is 9.96. The normalized spacial score (nSPS) is 16.8. The first-order valence-electron chi connectivity index (χ1n) is 9.39. The minimum absolute atomic E-state index is 0.106. The minimum Gasteiger partial charge on any atom is -0.496 e. The van der Waals surface area contributed by atoms with Gasteiger partial charge in [-0.15, -0.1) is 0 Å². The van der Waals surface area contributed by atoms with Crippen molar-refractivity contribution in [1.82, 2.24) is 15.2 Å². The van der Waals surface area contributed by atoms with Gasteiger partial charge in [-0.25, -0.2) is 0 Å². The molecule has 4 nitrogen and oxygen atoms in total. The Morgan fingerprint density at radius 2 is 2.00 bits per heavy atom. The molecule has 0 saturated carbocycles. The number of para-hydroxylation sites is 1. The van der Waals surface area contributed by atoms with E-state index >= 15 is 0 Å². The van der Waals surface area contributed by atoms with Crippen molar-refractivity contribution >= 4 is 26.8 Å². The Bertz CT molecular complexity index is 922. The standard InChI is InChI=1S/C22H24BrN3O/c1-27-21-8-7-18(23)14-19(21)22(26-11-4-9-24-10-12-26)17-13-16-5-2-3-6-20(16)25-15-17/h2-3,5-8,13-15,22,24H,4,9-12H2,1H3. The molecular weight excluding hydrogens is 402 g/mol. The highest BCUT2D eigenvalue weighted by molar-refractivity contribution is 9.10. The molecule has 140 valence electrons. The third-order valence-corrected chi connectivity index (χ3v) is 5.65. The summed E-state index contributed by atoms with van der Waals surface area (Å²) in [5, 5.41) is 4.68. The average Bonchev–Trinajstić information content (AvgIpc) is 2.98. The number of nitrogens with one attached hydrogen (secondary N) is 1. The van der Waals surface area contributed by atoms with E-state index in [0.29, 0.717) is 0 Å². The summed E-state index contributed by atoms with van der Waals surface area (Å²) in [7, 11) is 1.74. The van der Waals surface area contributed by atoms with Crippen molar-refractivity contribution in [3.63, 3.8) is 0 Å². The van der Waals surface area contributed by atoms with Crippen LogP contribution < -0.4 is 10.1 Å². The predicted molar refractivity (Wildman–Crippen MR) is 113 cm³/mol. The number of rotatable bonds is 4. The number of hydrogen-bond acceptors (Lipinski definition) is 4. The van der Waals surface area contributed by atoms with Crippen LogP contribution in [0.3, 0.4) is 0 Å². The van der Waals surface area contributed by atoms with Crippen LogP contribution in [0.25, 0.3) is 10.9 Å². The second-order valence-electron chi connectivity index (χ2n) is 6.89. The van der Waals surface area contributed by atoms with Gasteiger partial charge >= 0.3 is 0 Å². The van der Waals surface area contributed by atoms with Crippen molar-refractivity contribution in [1.29, 1.82) is 0 Å². The monoisotopic (exact) mass is 425 g/mol.